The normalized spacial score (nSPS) is 37.1. The molecule has 0 aromatic carbocycles. The Morgan fingerprint density at radius 3 is 2.76 bits per heavy atom. The fourth-order valence-electron chi connectivity index (χ4n) is 4.64. The van der Waals surface area contributed by atoms with E-state index in [-0.39, 0.29) is 5.60 Å². The molecular weight excluding hydrogens is 260 g/mol. The fourth-order valence-corrected chi connectivity index (χ4v) is 4.64. The summed E-state index contributed by atoms with van der Waals surface area (Å²) in [5, 5.41) is 3.70. The molecule has 3 rings (SSSR count). The van der Waals surface area contributed by atoms with Gasteiger partial charge in [-0.3, -0.25) is 4.90 Å². The van der Waals surface area contributed by atoms with E-state index in [2.05, 4.69) is 24.1 Å². The van der Waals surface area contributed by atoms with Crippen LogP contribution in [0.15, 0.2) is 0 Å². The van der Waals surface area contributed by atoms with Gasteiger partial charge in [0.1, 0.15) is 0 Å². The molecule has 2 saturated heterocycles. The molecule has 3 fully saturated rings. The van der Waals surface area contributed by atoms with Gasteiger partial charge in [-0.15, -0.1) is 0 Å². The summed E-state index contributed by atoms with van der Waals surface area (Å²) in [7, 11) is 0. The maximum Gasteiger partial charge on any atom is 0.0710 e. The maximum atomic E-state index is 6.57. The molecule has 3 aliphatic rings. The number of hydrogen-bond acceptors (Lipinski definition) is 3. The maximum absolute atomic E-state index is 6.57. The summed E-state index contributed by atoms with van der Waals surface area (Å²) in [5.74, 6) is 0. The van der Waals surface area contributed by atoms with Crippen molar-refractivity contribution in [2.75, 3.05) is 19.6 Å². The summed E-state index contributed by atoms with van der Waals surface area (Å²) in [4.78, 5) is 2.68. The minimum absolute atomic E-state index is 0.281. The molecule has 0 aromatic heterocycles. The first kappa shape index (κ1) is 15.8. The van der Waals surface area contributed by atoms with Gasteiger partial charge in [-0.2, -0.15) is 0 Å². The Balaban J connectivity index is 1.51. The molecule has 21 heavy (non-hydrogen) atoms. The number of piperazine rings is 1. The number of rotatable bonds is 4. The summed E-state index contributed by atoms with van der Waals surface area (Å²) in [6.07, 6.45) is 12.5. The van der Waals surface area contributed by atoms with Crippen molar-refractivity contribution in [3.63, 3.8) is 0 Å². The molecule has 1 N–H and O–H groups in total. The highest BCUT2D eigenvalue weighted by atomic mass is 16.5. The van der Waals surface area contributed by atoms with E-state index in [9.17, 15) is 0 Å². The van der Waals surface area contributed by atoms with Crippen LogP contribution in [0.4, 0.5) is 0 Å². The van der Waals surface area contributed by atoms with Crippen LogP contribution in [0.1, 0.15) is 71.6 Å². The van der Waals surface area contributed by atoms with Crippen LogP contribution in [-0.4, -0.2) is 48.3 Å². The van der Waals surface area contributed by atoms with Gasteiger partial charge < -0.3 is 10.1 Å². The highest BCUT2D eigenvalue weighted by Gasteiger charge is 2.41. The lowest BCUT2D eigenvalue weighted by Crippen LogP contribution is -2.56. The Morgan fingerprint density at radius 2 is 2.00 bits per heavy atom. The van der Waals surface area contributed by atoms with Gasteiger partial charge in [0.05, 0.1) is 11.7 Å². The average molecular weight is 294 g/mol. The third-order valence-corrected chi connectivity index (χ3v) is 5.96. The van der Waals surface area contributed by atoms with Gasteiger partial charge in [-0.1, -0.05) is 32.6 Å². The molecule has 0 aromatic rings. The van der Waals surface area contributed by atoms with Gasteiger partial charge in [-0.05, 0) is 39.0 Å². The van der Waals surface area contributed by atoms with Crippen LogP contribution in [0.25, 0.3) is 0 Å². The van der Waals surface area contributed by atoms with Gasteiger partial charge in [0, 0.05) is 31.7 Å². The quantitative estimate of drug-likeness (QED) is 0.861. The average Bonchev–Trinajstić information content (AvgIpc) is 2.86. The van der Waals surface area contributed by atoms with Crippen LogP contribution < -0.4 is 5.32 Å². The van der Waals surface area contributed by atoms with E-state index in [1.54, 1.807) is 0 Å². The Morgan fingerprint density at radius 1 is 1.19 bits per heavy atom. The van der Waals surface area contributed by atoms with Crippen LogP contribution in [-0.2, 0) is 4.74 Å². The molecule has 3 nitrogen and oxygen atoms in total. The van der Waals surface area contributed by atoms with E-state index in [1.807, 2.05) is 0 Å². The lowest BCUT2D eigenvalue weighted by atomic mass is 9.83. The van der Waals surface area contributed by atoms with Crippen molar-refractivity contribution in [1.29, 1.82) is 0 Å². The van der Waals surface area contributed by atoms with Crippen LogP contribution in [0.5, 0.6) is 0 Å². The van der Waals surface area contributed by atoms with Crippen molar-refractivity contribution in [3.8, 4) is 0 Å². The molecule has 1 saturated carbocycles. The largest absolute Gasteiger partial charge is 0.370 e. The standard InChI is InChI=1S/C18H34N2O/c1-3-7-16-13-20(15(2)12-19-16)14-17-8-11-18(21-17)9-5-4-6-10-18/h15-17,19H,3-14H2,1-2H3. The van der Waals surface area contributed by atoms with Gasteiger partial charge in [0.15, 0.2) is 0 Å². The van der Waals surface area contributed by atoms with Crippen molar-refractivity contribution in [2.45, 2.75) is 95.4 Å². The molecule has 122 valence electrons. The molecule has 0 radical (unpaired) electrons. The first-order valence-electron chi connectivity index (χ1n) is 9.36. The van der Waals surface area contributed by atoms with E-state index in [1.165, 1.54) is 64.3 Å². The van der Waals surface area contributed by atoms with E-state index in [0.29, 0.717) is 18.2 Å². The van der Waals surface area contributed by atoms with E-state index in [0.717, 1.165) is 13.1 Å². The molecule has 1 aliphatic carbocycles. The van der Waals surface area contributed by atoms with Crippen molar-refractivity contribution in [1.82, 2.24) is 10.2 Å². The Labute approximate surface area is 130 Å². The first-order valence-corrected chi connectivity index (χ1v) is 9.36. The van der Waals surface area contributed by atoms with Gasteiger partial charge in [0.2, 0.25) is 0 Å². The zero-order chi connectivity index (χ0) is 14.7. The summed E-state index contributed by atoms with van der Waals surface area (Å²) in [5.41, 5.74) is 0.281. The minimum atomic E-state index is 0.281. The highest BCUT2D eigenvalue weighted by molar-refractivity contribution is 4.93. The second kappa shape index (κ2) is 6.97. The second-order valence-corrected chi connectivity index (χ2v) is 7.72. The zero-order valence-corrected chi connectivity index (χ0v) is 14.1. The number of nitrogens with one attached hydrogen (secondary N) is 1. The van der Waals surface area contributed by atoms with Crippen LogP contribution in [0.3, 0.4) is 0 Å². The smallest absolute Gasteiger partial charge is 0.0710 e. The van der Waals surface area contributed by atoms with Crippen molar-refractivity contribution in [2.24, 2.45) is 0 Å². The predicted molar refractivity (Wildman–Crippen MR) is 87.7 cm³/mol. The predicted octanol–water partition coefficient (Wildman–Crippen LogP) is 3.33. The fraction of sp³-hybridized carbons (Fsp3) is 1.00. The van der Waals surface area contributed by atoms with E-state index in [4.69, 9.17) is 4.74 Å². The molecule has 1 spiro atoms. The molecule has 2 aliphatic heterocycles. The lowest BCUT2D eigenvalue weighted by Gasteiger charge is -2.40. The summed E-state index contributed by atoms with van der Waals surface area (Å²) >= 11 is 0. The summed E-state index contributed by atoms with van der Waals surface area (Å²) < 4.78 is 6.57. The van der Waals surface area contributed by atoms with Gasteiger partial charge in [-0.25, -0.2) is 0 Å². The molecule has 3 unspecified atom stereocenters. The third-order valence-electron chi connectivity index (χ3n) is 5.96. The molecular formula is C18H34N2O. The van der Waals surface area contributed by atoms with Crippen molar-refractivity contribution >= 4 is 0 Å². The number of nitrogens with zero attached hydrogens (tertiary/aromatic N) is 1. The number of hydrogen-bond donors (Lipinski definition) is 1. The molecule has 3 atom stereocenters. The minimum Gasteiger partial charge on any atom is -0.370 e. The Hall–Kier alpha value is -0.120. The van der Waals surface area contributed by atoms with Gasteiger partial charge >= 0.3 is 0 Å². The zero-order valence-electron chi connectivity index (χ0n) is 14.1. The Bertz CT molecular complexity index is 327. The van der Waals surface area contributed by atoms with Crippen LogP contribution >= 0.6 is 0 Å². The molecule has 0 amide bonds. The first-order chi connectivity index (χ1) is 10.2. The topological polar surface area (TPSA) is 24.5 Å². The second-order valence-electron chi connectivity index (χ2n) is 7.72. The summed E-state index contributed by atoms with van der Waals surface area (Å²) in [6.45, 7) is 8.16. The van der Waals surface area contributed by atoms with Crippen molar-refractivity contribution in [3.05, 3.63) is 0 Å². The SMILES string of the molecule is CCCC1CN(CC2CCC3(CCCCC3)O2)C(C)CN1. The van der Waals surface area contributed by atoms with Crippen LogP contribution in [0, 0.1) is 0 Å². The van der Waals surface area contributed by atoms with E-state index < -0.39 is 0 Å². The van der Waals surface area contributed by atoms with Crippen LogP contribution in [0.2, 0.25) is 0 Å². The summed E-state index contributed by atoms with van der Waals surface area (Å²) in [6, 6.07) is 1.35. The van der Waals surface area contributed by atoms with Gasteiger partial charge in [0.25, 0.3) is 0 Å². The van der Waals surface area contributed by atoms with Crippen molar-refractivity contribution < 1.29 is 4.74 Å². The third kappa shape index (κ3) is 3.80. The monoisotopic (exact) mass is 294 g/mol. The molecule has 3 heteroatoms. The number of ether oxygens (including phenoxy) is 1. The highest BCUT2D eigenvalue weighted by Crippen LogP contribution is 2.42. The van der Waals surface area contributed by atoms with E-state index >= 15 is 0 Å². The Kier molecular flexibility index (Phi) is 5.23. The lowest BCUT2D eigenvalue weighted by molar-refractivity contribution is -0.0766. The molecule has 2 heterocycles. The molecule has 0 bridgehead atoms.